The van der Waals surface area contributed by atoms with Gasteiger partial charge < -0.3 is 4.74 Å². The fraction of sp³-hybridized carbons (Fsp3) is 0.955. The van der Waals surface area contributed by atoms with Gasteiger partial charge in [0.25, 0.3) is 0 Å². The Morgan fingerprint density at radius 3 is 1.83 bits per heavy atom. The molecule has 134 valence electrons. The predicted molar refractivity (Wildman–Crippen MR) is 94.3 cm³/mol. The van der Waals surface area contributed by atoms with E-state index in [1.165, 1.54) is 32.1 Å². The molecule has 2 nitrogen and oxygen atoms in total. The third-order valence-corrected chi connectivity index (χ3v) is 10.0. The van der Waals surface area contributed by atoms with Gasteiger partial charge in [-0.15, -0.1) is 0 Å². The third-order valence-electron chi connectivity index (χ3n) is 10.0. The molecule has 0 aromatic heterocycles. The van der Waals surface area contributed by atoms with Crippen LogP contribution in [0.5, 0.6) is 0 Å². The quantitative estimate of drug-likeness (QED) is 0.638. The second-order valence-corrected chi connectivity index (χ2v) is 11.3. The van der Waals surface area contributed by atoms with Gasteiger partial charge in [-0.1, -0.05) is 20.8 Å². The summed E-state index contributed by atoms with van der Waals surface area (Å²) in [4.78, 5) is 13.5. The van der Waals surface area contributed by atoms with Gasteiger partial charge in [0.2, 0.25) is 0 Å². The molecule has 0 saturated heterocycles. The highest BCUT2D eigenvalue weighted by atomic mass is 16.6. The largest absolute Gasteiger partial charge is 0.458 e. The van der Waals surface area contributed by atoms with Crippen molar-refractivity contribution in [1.82, 2.24) is 0 Å². The molecule has 0 spiro atoms. The number of hydrogen-bond donors (Lipinski definition) is 0. The zero-order chi connectivity index (χ0) is 17.0. The van der Waals surface area contributed by atoms with E-state index in [9.17, 15) is 4.79 Å². The van der Waals surface area contributed by atoms with Crippen LogP contribution in [0.2, 0.25) is 0 Å². The summed E-state index contributed by atoms with van der Waals surface area (Å²) in [5.74, 6) is 3.33. The van der Waals surface area contributed by atoms with Crippen LogP contribution < -0.4 is 0 Å². The van der Waals surface area contributed by atoms with Crippen molar-refractivity contribution in [3.05, 3.63) is 0 Å². The second kappa shape index (κ2) is 4.41. The lowest BCUT2D eigenvalue weighted by molar-refractivity contribution is -0.200. The average molecular weight is 331 g/mol. The average Bonchev–Trinajstić information content (AvgIpc) is 2.77. The van der Waals surface area contributed by atoms with Crippen molar-refractivity contribution in [1.29, 1.82) is 0 Å². The fourth-order valence-corrected chi connectivity index (χ4v) is 8.42. The smallest absolute Gasteiger partial charge is 0.312 e. The molecule has 2 heteroatoms. The van der Waals surface area contributed by atoms with Crippen molar-refractivity contribution in [2.75, 3.05) is 0 Å². The Morgan fingerprint density at radius 1 is 0.875 bits per heavy atom. The van der Waals surface area contributed by atoms with Crippen molar-refractivity contribution in [2.24, 2.45) is 39.9 Å². The Morgan fingerprint density at radius 2 is 1.42 bits per heavy atom. The van der Waals surface area contributed by atoms with E-state index in [4.69, 9.17) is 4.74 Å². The summed E-state index contributed by atoms with van der Waals surface area (Å²) in [6.07, 6.45) is 11.1. The molecule has 6 aliphatic rings. The molecule has 0 aliphatic heterocycles. The molecule has 6 saturated carbocycles. The lowest BCUT2D eigenvalue weighted by atomic mass is 9.49. The molecular weight excluding hydrogens is 296 g/mol. The standard InChI is InChI=1S/C22H34O2/c1-19(2)17-5-6-20(19,3)21(4,13-17)24-18(23)22-10-14-7-15(11-22)9-16(8-14)12-22/h14-17H,5-13H2,1-4H3. The first-order valence-corrected chi connectivity index (χ1v) is 10.4. The van der Waals surface area contributed by atoms with E-state index in [1.54, 1.807) is 0 Å². The molecule has 24 heavy (non-hydrogen) atoms. The highest BCUT2D eigenvalue weighted by Gasteiger charge is 2.69. The molecule has 0 aromatic rings. The summed E-state index contributed by atoms with van der Waals surface area (Å²) >= 11 is 0. The van der Waals surface area contributed by atoms with Gasteiger partial charge in [-0.3, -0.25) is 4.79 Å². The minimum absolute atomic E-state index is 0.111. The van der Waals surface area contributed by atoms with E-state index in [2.05, 4.69) is 27.7 Å². The molecule has 6 rings (SSSR count). The number of esters is 1. The van der Waals surface area contributed by atoms with Gasteiger partial charge in [0, 0.05) is 5.41 Å². The molecular formula is C22H34O2. The summed E-state index contributed by atoms with van der Waals surface area (Å²) in [7, 11) is 0. The van der Waals surface area contributed by atoms with Crippen molar-refractivity contribution in [3.8, 4) is 0 Å². The molecule has 6 fully saturated rings. The summed E-state index contributed by atoms with van der Waals surface area (Å²) in [5, 5.41) is 0. The second-order valence-electron chi connectivity index (χ2n) is 11.3. The van der Waals surface area contributed by atoms with Crippen LogP contribution in [-0.4, -0.2) is 11.6 Å². The van der Waals surface area contributed by atoms with Crippen LogP contribution in [0.1, 0.15) is 85.5 Å². The maximum Gasteiger partial charge on any atom is 0.312 e. The molecule has 0 aromatic carbocycles. The van der Waals surface area contributed by atoms with Gasteiger partial charge in [-0.2, -0.15) is 0 Å². The van der Waals surface area contributed by atoms with Crippen molar-refractivity contribution in [2.45, 2.75) is 91.1 Å². The van der Waals surface area contributed by atoms with Crippen LogP contribution in [0, 0.1) is 39.9 Å². The van der Waals surface area contributed by atoms with Crippen LogP contribution >= 0.6 is 0 Å². The summed E-state index contributed by atoms with van der Waals surface area (Å²) in [6, 6.07) is 0. The van der Waals surface area contributed by atoms with Crippen LogP contribution in [0.15, 0.2) is 0 Å². The first-order valence-electron chi connectivity index (χ1n) is 10.4. The lowest BCUT2D eigenvalue weighted by Crippen LogP contribution is -2.55. The summed E-state index contributed by atoms with van der Waals surface area (Å²) < 4.78 is 6.52. The van der Waals surface area contributed by atoms with E-state index in [-0.39, 0.29) is 22.4 Å². The summed E-state index contributed by atoms with van der Waals surface area (Å²) in [5.41, 5.74) is 0.0754. The van der Waals surface area contributed by atoms with E-state index in [0.717, 1.165) is 49.4 Å². The Balaban J connectivity index is 1.42. The lowest BCUT2D eigenvalue weighted by Gasteiger charge is -2.56. The Hall–Kier alpha value is -0.530. The molecule has 3 unspecified atom stereocenters. The maximum absolute atomic E-state index is 13.5. The Labute approximate surface area is 147 Å². The van der Waals surface area contributed by atoms with Crippen molar-refractivity contribution < 1.29 is 9.53 Å². The summed E-state index contributed by atoms with van der Waals surface area (Å²) in [6.45, 7) is 9.47. The maximum atomic E-state index is 13.5. The van der Waals surface area contributed by atoms with Gasteiger partial charge in [-0.25, -0.2) is 0 Å². The number of rotatable bonds is 2. The number of fused-ring (bicyclic) bond motifs is 2. The zero-order valence-electron chi connectivity index (χ0n) is 16.0. The molecule has 0 heterocycles. The van der Waals surface area contributed by atoms with E-state index >= 15 is 0 Å². The number of ether oxygens (including phenoxy) is 1. The van der Waals surface area contributed by atoms with E-state index in [0.29, 0.717) is 5.41 Å². The minimum atomic E-state index is -0.250. The molecule has 6 bridgehead atoms. The van der Waals surface area contributed by atoms with Crippen LogP contribution in [0.25, 0.3) is 0 Å². The predicted octanol–water partition coefficient (Wildman–Crippen LogP) is 5.35. The zero-order valence-corrected chi connectivity index (χ0v) is 16.0. The van der Waals surface area contributed by atoms with E-state index < -0.39 is 0 Å². The molecule has 0 N–H and O–H groups in total. The number of carbonyl (C=O) groups excluding carboxylic acids is 1. The topological polar surface area (TPSA) is 26.3 Å². The fourth-order valence-electron chi connectivity index (χ4n) is 8.42. The number of hydrogen-bond acceptors (Lipinski definition) is 2. The minimum Gasteiger partial charge on any atom is -0.458 e. The molecule has 0 radical (unpaired) electrons. The Kier molecular flexibility index (Phi) is 2.88. The van der Waals surface area contributed by atoms with Gasteiger partial charge in [0.15, 0.2) is 0 Å². The molecule has 0 amide bonds. The highest BCUT2D eigenvalue weighted by molar-refractivity contribution is 5.78. The molecule has 6 aliphatic carbocycles. The van der Waals surface area contributed by atoms with Gasteiger partial charge in [0.1, 0.15) is 5.60 Å². The van der Waals surface area contributed by atoms with Gasteiger partial charge in [-0.05, 0) is 93.8 Å². The van der Waals surface area contributed by atoms with E-state index in [1.807, 2.05) is 0 Å². The normalized spacial score (nSPS) is 56.7. The molecule has 3 atom stereocenters. The first kappa shape index (κ1) is 15.7. The monoisotopic (exact) mass is 330 g/mol. The SMILES string of the molecule is CC1(OC(=O)C23CC4CC(CC(C4)C2)C3)CC2CCC1(C)C2(C)C. The van der Waals surface area contributed by atoms with Crippen molar-refractivity contribution >= 4 is 5.97 Å². The van der Waals surface area contributed by atoms with Crippen molar-refractivity contribution in [3.63, 3.8) is 0 Å². The highest BCUT2D eigenvalue weighted by Crippen LogP contribution is 2.71. The third kappa shape index (κ3) is 1.71. The van der Waals surface area contributed by atoms with Crippen LogP contribution in [0.4, 0.5) is 0 Å². The van der Waals surface area contributed by atoms with Gasteiger partial charge in [0.05, 0.1) is 5.41 Å². The van der Waals surface area contributed by atoms with Crippen LogP contribution in [0.3, 0.4) is 0 Å². The Bertz CT molecular complexity index is 555. The van der Waals surface area contributed by atoms with Gasteiger partial charge >= 0.3 is 5.97 Å². The van der Waals surface area contributed by atoms with Crippen LogP contribution in [-0.2, 0) is 9.53 Å². The number of carbonyl (C=O) groups is 1. The first-order chi connectivity index (χ1) is 11.2.